The van der Waals surface area contributed by atoms with Crippen LogP contribution in [0.4, 0.5) is 4.79 Å². The SMILES string of the molecule is COc1ccc(C=C2SC(=O)N(CCNC(=O)c3ccc(COc4ccccc4)cc3)C2=O)cc1. The van der Waals surface area contributed by atoms with Crippen molar-refractivity contribution in [2.45, 2.75) is 6.61 Å². The third-order valence-corrected chi connectivity index (χ3v) is 6.18. The van der Waals surface area contributed by atoms with Gasteiger partial charge in [-0.1, -0.05) is 42.5 Å². The van der Waals surface area contributed by atoms with E-state index in [0.29, 0.717) is 22.8 Å². The van der Waals surface area contributed by atoms with Gasteiger partial charge in [0.1, 0.15) is 18.1 Å². The highest BCUT2D eigenvalue weighted by Gasteiger charge is 2.34. The molecule has 1 aliphatic rings. The van der Waals surface area contributed by atoms with Gasteiger partial charge < -0.3 is 14.8 Å². The maximum absolute atomic E-state index is 12.7. The minimum Gasteiger partial charge on any atom is -0.497 e. The normalized spacial score (nSPS) is 14.3. The van der Waals surface area contributed by atoms with Gasteiger partial charge in [-0.3, -0.25) is 19.3 Å². The monoisotopic (exact) mass is 488 g/mol. The van der Waals surface area contributed by atoms with Crippen LogP contribution in [0.3, 0.4) is 0 Å². The number of carbonyl (C=O) groups excluding carboxylic acids is 3. The van der Waals surface area contributed by atoms with Gasteiger partial charge in [0.05, 0.1) is 12.0 Å². The number of benzene rings is 3. The lowest BCUT2D eigenvalue weighted by Crippen LogP contribution is -2.37. The van der Waals surface area contributed by atoms with Crippen molar-refractivity contribution in [3.63, 3.8) is 0 Å². The molecule has 0 atom stereocenters. The molecule has 3 aromatic carbocycles. The summed E-state index contributed by atoms with van der Waals surface area (Å²) in [6, 6.07) is 23.8. The van der Waals surface area contributed by atoms with Crippen LogP contribution in [-0.4, -0.2) is 42.2 Å². The average Bonchev–Trinajstić information content (AvgIpc) is 3.16. The first-order valence-corrected chi connectivity index (χ1v) is 11.8. The molecule has 1 fully saturated rings. The summed E-state index contributed by atoms with van der Waals surface area (Å²) in [5, 5.41) is 2.41. The van der Waals surface area contributed by atoms with Gasteiger partial charge in [-0.05, 0) is 65.4 Å². The number of hydrogen-bond acceptors (Lipinski definition) is 6. The quantitative estimate of drug-likeness (QED) is 0.438. The molecule has 0 saturated carbocycles. The molecule has 1 aliphatic heterocycles. The number of ether oxygens (including phenoxy) is 2. The summed E-state index contributed by atoms with van der Waals surface area (Å²) >= 11 is 0.889. The lowest BCUT2D eigenvalue weighted by atomic mass is 10.1. The number of thioether (sulfide) groups is 1. The van der Waals surface area contributed by atoms with E-state index in [1.54, 1.807) is 37.5 Å². The molecule has 7 nitrogen and oxygen atoms in total. The summed E-state index contributed by atoms with van der Waals surface area (Å²) in [5.41, 5.74) is 2.22. The van der Waals surface area contributed by atoms with Crippen LogP contribution < -0.4 is 14.8 Å². The molecule has 0 unspecified atom stereocenters. The van der Waals surface area contributed by atoms with E-state index in [9.17, 15) is 14.4 Å². The minimum atomic E-state index is -0.368. The van der Waals surface area contributed by atoms with Gasteiger partial charge in [-0.25, -0.2) is 0 Å². The van der Waals surface area contributed by atoms with Crippen molar-refractivity contribution in [2.75, 3.05) is 20.2 Å². The third kappa shape index (κ3) is 6.30. The molecular weight excluding hydrogens is 464 g/mol. The summed E-state index contributed by atoms with van der Waals surface area (Å²) in [5.74, 6) is 0.843. The van der Waals surface area contributed by atoms with Crippen LogP contribution in [0.1, 0.15) is 21.5 Å². The Balaban J connectivity index is 1.26. The Morgan fingerprint density at radius 2 is 1.66 bits per heavy atom. The molecule has 8 heteroatoms. The zero-order valence-electron chi connectivity index (χ0n) is 19.1. The van der Waals surface area contributed by atoms with E-state index in [4.69, 9.17) is 9.47 Å². The highest BCUT2D eigenvalue weighted by Crippen LogP contribution is 2.32. The molecular formula is C27H24N2O5S. The Hall–Kier alpha value is -4.04. The first kappa shape index (κ1) is 24.1. The van der Waals surface area contributed by atoms with Crippen LogP contribution in [0.5, 0.6) is 11.5 Å². The van der Waals surface area contributed by atoms with Gasteiger partial charge in [0, 0.05) is 18.7 Å². The van der Waals surface area contributed by atoms with Gasteiger partial charge in [0.2, 0.25) is 0 Å². The van der Waals surface area contributed by atoms with Crippen molar-refractivity contribution < 1.29 is 23.9 Å². The summed E-state index contributed by atoms with van der Waals surface area (Å²) in [6.07, 6.45) is 1.67. The van der Waals surface area contributed by atoms with Crippen molar-refractivity contribution in [1.29, 1.82) is 0 Å². The topological polar surface area (TPSA) is 84.9 Å². The molecule has 3 amide bonds. The first-order valence-electron chi connectivity index (χ1n) is 11.0. The summed E-state index contributed by atoms with van der Waals surface area (Å²) in [4.78, 5) is 38.9. The highest BCUT2D eigenvalue weighted by atomic mass is 32.2. The smallest absolute Gasteiger partial charge is 0.293 e. The van der Waals surface area contributed by atoms with Gasteiger partial charge in [0.25, 0.3) is 17.1 Å². The molecule has 1 saturated heterocycles. The average molecular weight is 489 g/mol. The lowest BCUT2D eigenvalue weighted by Gasteiger charge is -2.13. The molecule has 0 aliphatic carbocycles. The Morgan fingerprint density at radius 1 is 0.943 bits per heavy atom. The lowest BCUT2D eigenvalue weighted by molar-refractivity contribution is -0.122. The summed E-state index contributed by atoms with van der Waals surface area (Å²) < 4.78 is 10.8. The Labute approximate surface area is 207 Å². The molecule has 178 valence electrons. The highest BCUT2D eigenvalue weighted by molar-refractivity contribution is 8.18. The Bertz CT molecular complexity index is 1220. The second-order valence-corrected chi connectivity index (χ2v) is 8.65. The van der Waals surface area contributed by atoms with Crippen molar-refractivity contribution in [3.8, 4) is 11.5 Å². The van der Waals surface area contributed by atoms with E-state index >= 15 is 0 Å². The van der Waals surface area contributed by atoms with E-state index in [0.717, 1.165) is 33.5 Å². The first-order chi connectivity index (χ1) is 17.0. The van der Waals surface area contributed by atoms with Crippen LogP contribution >= 0.6 is 11.8 Å². The van der Waals surface area contributed by atoms with Crippen LogP contribution in [0.25, 0.3) is 6.08 Å². The van der Waals surface area contributed by atoms with Crippen LogP contribution in [-0.2, 0) is 11.4 Å². The van der Waals surface area contributed by atoms with Gasteiger partial charge in [0.15, 0.2) is 0 Å². The molecule has 0 spiro atoms. The molecule has 0 bridgehead atoms. The Morgan fingerprint density at radius 3 is 2.34 bits per heavy atom. The van der Waals surface area contributed by atoms with Crippen molar-refractivity contribution >= 4 is 34.9 Å². The zero-order valence-corrected chi connectivity index (χ0v) is 19.9. The molecule has 1 heterocycles. The van der Waals surface area contributed by atoms with Gasteiger partial charge in [-0.15, -0.1) is 0 Å². The van der Waals surface area contributed by atoms with E-state index in [1.807, 2.05) is 54.6 Å². The Kier molecular flexibility index (Phi) is 7.84. The van der Waals surface area contributed by atoms with Crippen LogP contribution in [0.2, 0.25) is 0 Å². The summed E-state index contributed by atoms with van der Waals surface area (Å²) in [7, 11) is 1.58. The zero-order chi connectivity index (χ0) is 24.6. The number of nitrogens with zero attached hydrogens (tertiary/aromatic N) is 1. The number of nitrogens with one attached hydrogen (secondary N) is 1. The predicted octanol–water partition coefficient (Wildman–Crippen LogP) is 4.74. The number of imide groups is 1. The molecule has 3 aromatic rings. The fraction of sp³-hybridized carbons (Fsp3) is 0.148. The fourth-order valence-electron chi connectivity index (χ4n) is 3.36. The number of rotatable bonds is 9. The van der Waals surface area contributed by atoms with Crippen LogP contribution in [0.15, 0.2) is 83.8 Å². The molecule has 4 rings (SSSR count). The van der Waals surface area contributed by atoms with Crippen molar-refractivity contribution in [1.82, 2.24) is 10.2 Å². The standard InChI is InChI=1S/C27H24N2O5S/c1-33-22-13-9-19(10-14-22)17-24-26(31)29(27(32)35-24)16-15-28-25(30)21-11-7-20(8-12-21)18-34-23-5-3-2-4-6-23/h2-14,17H,15-16,18H2,1H3,(H,28,30). The molecule has 35 heavy (non-hydrogen) atoms. The number of carbonyl (C=O) groups is 3. The molecule has 0 aromatic heterocycles. The maximum atomic E-state index is 12.7. The van der Waals surface area contributed by atoms with E-state index in [1.165, 1.54) is 0 Å². The molecule has 1 N–H and O–H groups in total. The summed E-state index contributed by atoms with van der Waals surface area (Å²) in [6.45, 7) is 0.653. The van der Waals surface area contributed by atoms with Crippen molar-refractivity contribution in [2.24, 2.45) is 0 Å². The fourth-order valence-corrected chi connectivity index (χ4v) is 4.23. The number of para-hydroxylation sites is 1. The third-order valence-electron chi connectivity index (χ3n) is 5.27. The predicted molar refractivity (Wildman–Crippen MR) is 135 cm³/mol. The second-order valence-electron chi connectivity index (χ2n) is 7.66. The van der Waals surface area contributed by atoms with Gasteiger partial charge >= 0.3 is 0 Å². The molecule has 0 radical (unpaired) electrons. The van der Waals surface area contributed by atoms with Gasteiger partial charge in [-0.2, -0.15) is 0 Å². The van der Waals surface area contributed by atoms with E-state index in [2.05, 4.69) is 5.32 Å². The van der Waals surface area contributed by atoms with E-state index in [-0.39, 0.29) is 30.1 Å². The second kappa shape index (κ2) is 11.4. The largest absolute Gasteiger partial charge is 0.497 e. The minimum absolute atomic E-state index is 0.0966. The van der Waals surface area contributed by atoms with E-state index < -0.39 is 0 Å². The van der Waals surface area contributed by atoms with Crippen LogP contribution in [0, 0.1) is 0 Å². The number of hydrogen-bond donors (Lipinski definition) is 1. The maximum Gasteiger partial charge on any atom is 0.293 e. The number of amides is 3. The van der Waals surface area contributed by atoms with Crippen molar-refractivity contribution in [3.05, 3.63) is 100 Å². The number of methoxy groups -OCH3 is 1.